The van der Waals surface area contributed by atoms with E-state index in [1.807, 2.05) is 30.3 Å². The second-order valence-electron chi connectivity index (χ2n) is 7.13. The first-order chi connectivity index (χ1) is 12.4. The summed E-state index contributed by atoms with van der Waals surface area (Å²) in [7, 11) is 0. The summed E-state index contributed by atoms with van der Waals surface area (Å²) in [6.45, 7) is 2.42. The lowest BCUT2D eigenvalue weighted by Gasteiger charge is -2.33. The highest BCUT2D eigenvalue weighted by molar-refractivity contribution is 5.83. The first-order valence-corrected chi connectivity index (χ1v) is 8.72. The van der Waals surface area contributed by atoms with Gasteiger partial charge in [-0.25, -0.2) is 8.78 Å². The largest absolute Gasteiger partial charge is 0.403 e. The number of nitrogens with one attached hydrogen (secondary N) is 1. The molecule has 8 heteroatoms. The van der Waals surface area contributed by atoms with Crippen molar-refractivity contribution in [1.29, 1.82) is 0 Å². The predicted molar refractivity (Wildman–Crippen MR) is 90.6 cm³/mol. The average Bonchev–Trinajstić information content (AvgIpc) is 2.98. The number of hydrogen-bond acceptors (Lipinski definition) is 5. The molecule has 0 radical (unpaired) electrons. The zero-order valence-corrected chi connectivity index (χ0v) is 14.4. The van der Waals surface area contributed by atoms with Crippen molar-refractivity contribution in [3.8, 4) is 11.5 Å². The molecule has 138 valence electrons. The minimum Gasteiger partial charge on any atom is -0.403 e. The highest BCUT2D eigenvalue weighted by Gasteiger charge is 2.70. The van der Waals surface area contributed by atoms with Crippen LogP contribution in [-0.4, -0.2) is 46.1 Å². The molecule has 1 amide bonds. The van der Waals surface area contributed by atoms with Gasteiger partial charge in [-0.05, 0) is 31.9 Å². The van der Waals surface area contributed by atoms with E-state index in [0.717, 1.165) is 5.56 Å². The Morgan fingerprint density at radius 3 is 2.50 bits per heavy atom. The number of nitrogens with zero attached hydrogens (tertiary/aromatic N) is 3. The van der Waals surface area contributed by atoms with Crippen LogP contribution in [0.5, 0.6) is 0 Å². The number of alkyl halides is 2. The maximum Gasteiger partial charge on any atom is 0.316 e. The summed E-state index contributed by atoms with van der Waals surface area (Å²) in [5.41, 5.74) is -0.0731. The number of hydrogen-bond donors (Lipinski definition) is 1. The normalized spacial score (nSPS) is 21.4. The average molecular weight is 362 g/mol. The van der Waals surface area contributed by atoms with E-state index in [4.69, 9.17) is 4.42 Å². The molecule has 1 aromatic carbocycles. The summed E-state index contributed by atoms with van der Waals surface area (Å²) in [4.78, 5) is 14.2. The number of benzene rings is 1. The van der Waals surface area contributed by atoms with Crippen LogP contribution in [0.3, 0.4) is 0 Å². The summed E-state index contributed by atoms with van der Waals surface area (Å²) >= 11 is 0. The molecule has 1 saturated carbocycles. The van der Waals surface area contributed by atoms with E-state index >= 15 is 0 Å². The highest BCUT2D eigenvalue weighted by atomic mass is 19.3. The van der Waals surface area contributed by atoms with Gasteiger partial charge in [0.1, 0.15) is 6.04 Å². The molecule has 1 spiro atoms. The van der Waals surface area contributed by atoms with Gasteiger partial charge in [0.15, 0.2) is 0 Å². The van der Waals surface area contributed by atoms with E-state index in [2.05, 4.69) is 15.5 Å². The molecule has 0 bridgehead atoms. The van der Waals surface area contributed by atoms with Crippen LogP contribution in [-0.2, 0) is 4.79 Å². The lowest BCUT2D eigenvalue weighted by molar-refractivity contribution is -0.134. The number of aromatic nitrogens is 2. The molecule has 1 atom stereocenters. The summed E-state index contributed by atoms with van der Waals surface area (Å²) in [6.07, 6.45) is 0.675. The fraction of sp³-hybridized carbons (Fsp3) is 0.500. The van der Waals surface area contributed by atoms with Gasteiger partial charge in [0.2, 0.25) is 11.8 Å². The molecule has 4 rings (SSSR count). The van der Waals surface area contributed by atoms with E-state index in [-0.39, 0.29) is 18.3 Å². The second kappa shape index (κ2) is 6.03. The summed E-state index contributed by atoms with van der Waals surface area (Å²) < 4.78 is 32.4. The van der Waals surface area contributed by atoms with Gasteiger partial charge in [-0.2, -0.15) is 0 Å². The van der Waals surface area contributed by atoms with Crippen molar-refractivity contribution < 1.29 is 18.0 Å². The van der Waals surface area contributed by atoms with Crippen LogP contribution >= 0.6 is 0 Å². The molecule has 2 aliphatic rings. The third-order valence-corrected chi connectivity index (χ3v) is 5.40. The van der Waals surface area contributed by atoms with Crippen LogP contribution in [0.2, 0.25) is 0 Å². The number of rotatable bonds is 4. The first-order valence-electron chi connectivity index (χ1n) is 8.72. The maximum atomic E-state index is 13.4. The van der Waals surface area contributed by atoms with E-state index in [1.54, 1.807) is 11.8 Å². The number of carbonyl (C=O) groups excluding carboxylic acids is 1. The van der Waals surface area contributed by atoms with Crippen LogP contribution in [0.25, 0.3) is 11.5 Å². The Balaban J connectivity index is 1.34. The third kappa shape index (κ3) is 2.93. The maximum absolute atomic E-state index is 13.4. The first kappa shape index (κ1) is 16.9. The van der Waals surface area contributed by atoms with Gasteiger partial charge < -0.3 is 14.6 Å². The van der Waals surface area contributed by atoms with Crippen LogP contribution < -0.4 is 5.32 Å². The van der Waals surface area contributed by atoms with Crippen molar-refractivity contribution in [1.82, 2.24) is 15.1 Å². The van der Waals surface area contributed by atoms with Crippen molar-refractivity contribution >= 4 is 11.9 Å². The monoisotopic (exact) mass is 362 g/mol. The van der Waals surface area contributed by atoms with E-state index in [0.29, 0.717) is 31.8 Å². The Bertz CT molecular complexity index is 801. The Hall–Kier alpha value is -2.51. The minimum atomic E-state index is -2.55. The van der Waals surface area contributed by atoms with Gasteiger partial charge in [0.05, 0.1) is 0 Å². The Morgan fingerprint density at radius 2 is 1.88 bits per heavy atom. The summed E-state index contributed by atoms with van der Waals surface area (Å²) in [5, 5.41) is 10.8. The molecule has 1 aliphatic carbocycles. The molecule has 1 saturated heterocycles. The fourth-order valence-corrected chi connectivity index (χ4v) is 3.58. The lowest BCUT2D eigenvalue weighted by atomic mass is 9.92. The van der Waals surface area contributed by atoms with E-state index in [9.17, 15) is 13.6 Å². The van der Waals surface area contributed by atoms with Gasteiger partial charge in [-0.1, -0.05) is 23.3 Å². The molecule has 2 fully saturated rings. The molecule has 6 nitrogen and oxygen atoms in total. The number of anilines is 1. The van der Waals surface area contributed by atoms with Crippen LogP contribution in [0.4, 0.5) is 14.8 Å². The van der Waals surface area contributed by atoms with Crippen LogP contribution in [0.1, 0.15) is 26.2 Å². The summed E-state index contributed by atoms with van der Waals surface area (Å²) in [5.74, 6) is -2.34. The van der Waals surface area contributed by atoms with Gasteiger partial charge in [0, 0.05) is 30.5 Å². The molecule has 1 N–H and O–H groups in total. The SMILES string of the molecule is CC(Nc1nnc(-c2ccccc2)o1)C(=O)N1CCC2(CC1)CC2(F)F. The molecule has 1 unspecified atom stereocenters. The Labute approximate surface area is 149 Å². The smallest absolute Gasteiger partial charge is 0.316 e. The van der Waals surface area contributed by atoms with Crippen LogP contribution in [0.15, 0.2) is 34.7 Å². The van der Waals surface area contributed by atoms with Gasteiger partial charge >= 0.3 is 6.01 Å². The second-order valence-corrected chi connectivity index (χ2v) is 7.13. The molecule has 2 aromatic rings. The lowest BCUT2D eigenvalue weighted by Crippen LogP contribution is -2.46. The van der Waals surface area contributed by atoms with Gasteiger partial charge in [-0.15, -0.1) is 5.10 Å². The fourth-order valence-electron chi connectivity index (χ4n) is 3.58. The molecular weight excluding hydrogens is 342 g/mol. The minimum absolute atomic E-state index is 0.0416. The Morgan fingerprint density at radius 1 is 1.23 bits per heavy atom. The number of halogens is 2. The van der Waals surface area contributed by atoms with Gasteiger partial charge in [-0.3, -0.25) is 4.79 Å². The van der Waals surface area contributed by atoms with Crippen molar-refractivity contribution in [2.24, 2.45) is 5.41 Å². The quantitative estimate of drug-likeness (QED) is 0.904. The van der Waals surface area contributed by atoms with Crippen molar-refractivity contribution in [3.63, 3.8) is 0 Å². The molecule has 26 heavy (non-hydrogen) atoms. The number of piperidine rings is 1. The van der Waals surface area contributed by atoms with E-state index < -0.39 is 17.4 Å². The molecule has 2 heterocycles. The number of carbonyl (C=O) groups is 1. The van der Waals surface area contributed by atoms with E-state index in [1.165, 1.54) is 0 Å². The van der Waals surface area contributed by atoms with Crippen molar-refractivity contribution in [3.05, 3.63) is 30.3 Å². The molecule has 1 aromatic heterocycles. The topological polar surface area (TPSA) is 71.3 Å². The summed E-state index contributed by atoms with van der Waals surface area (Å²) in [6, 6.07) is 8.91. The number of likely N-dealkylation sites (tertiary alicyclic amines) is 1. The van der Waals surface area contributed by atoms with Crippen LogP contribution in [0, 0.1) is 5.41 Å². The third-order valence-electron chi connectivity index (χ3n) is 5.40. The standard InChI is InChI=1S/C18H20F2N4O2/c1-12(15(25)24-9-7-17(8-10-24)11-18(17,19)20)21-16-23-22-14(26-16)13-5-3-2-4-6-13/h2-6,12H,7-11H2,1H3,(H,21,23). The Kier molecular flexibility index (Phi) is 3.93. The van der Waals surface area contributed by atoms with Gasteiger partial charge in [0.25, 0.3) is 5.92 Å². The highest BCUT2D eigenvalue weighted by Crippen LogP contribution is 2.65. The predicted octanol–water partition coefficient (Wildman–Crippen LogP) is 3.18. The number of amides is 1. The zero-order valence-electron chi connectivity index (χ0n) is 14.4. The molecule has 1 aliphatic heterocycles. The molecular formula is C18H20F2N4O2. The zero-order chi connectivity index (χ0) is 18.4. The van der Waals surface area contributed by atoms with Crippen molar-refractivity contribution in [2.75, 3.05) is 18.4 Å². The van der Waals surface area contributed by atoms with Crippen molar-refractivity contribution in [2.45, 2.75) is 38.2 Å².